The molecule has 0 aliphatic rings. The number of benzene rings is 2. The summed E-state index contributed by atoms with van der Waals surface area (Å²) >= 11 is 0. The Morgan fingerprint density at radius 1 is 1.09 bits per heavy atom. The minimum atomic E-state index is -0.674. The van der Waals surface area contributed by atoms with Crippen LogP contribution in [0.1, 0.15) is 26.3 Å². The van der Waals surface area contributed by atoms with E-state index in [2.05, 4.69) is 5.32 Å². The topological polar surface area (TPSA) is 115 Å². The first-order chi connectivity index (χ1) is 10.4. The molecule has 112 valence electrons. The van der Waals surface area contributed by atoms with Crippen molar-refractivity contribution in [2.45, 2.75) is 6.92 Å². The summed E-state index contributed by atoms with van der Waals surface area (Å²) in [5.74, 6) is -1.22. The standard InChI is InChI=1S/C15H13N3O4/c1-9-10(6-4-8-13(9)18(21)22)15(20)17-12-7-3-2-5-11(12)14(16)19/h2-8H,1H3,(H2,16,19)(H,17,20). The third kappa shape index (κ3) is 2.93. The van der Waals surface area contributed by atoms with Crippen molar-refractivity contribution in [3.8, 4) is 0 Å². The lowest BCUT2D eigenvalue weighted by molar-refractivity contribution is -0.385. The number of nitrogens with one attached hydrogen (secondary N) is 1. The first-order valence-corrected chi connectivity index (χ1v) is 6.36. The molecule has 0 bridgehead atoms. The quantitative estimate of drug-likeness (QED) is 0.665. The molecule has 2 aromatic rings. The van der Waals surface area contributed by atoms with Crippen molar-refractivity contribution in [1.29, 1.82) is 0 Å². The molecule has 7 heteroatoms. The van der Waals surface area contributed by atoms with Crippen LogP contribution >= 0.6 is 0 Å². The molecule has 0 atom stereocenters. The van der Waals surface area contributed by atoms with Crippen LogP contribution in [0, 0.1) is 17.0 Å². The zero-order chi connectivity index (χ0) is 16.3. The maximum atomic E-state index is 12.3. The molecule has 0 radical (unpaired) electrons. The molecule has 2 amide bonds. The van der Waals surface area contributed by atoms with Gasteiger partial charge in [-0.3, -0.25) is 19.7 Å². The van der Waals surface area contributed by atoms with Gasteiger partial charge in [0, 0.05) is 17.2 Å². The van der Waals surface area contributed by atoms with E-state index in [1.54, 1.807) is 12.1 Å². The lowest BCUT2D eigenvalue weighted by Crippen LogP contribution is -2.19. The Morgan fingerprint density at radius 2 is 1.73 bits per heavy atom. The van der Waals surface area contributed by atoms with Gasteiger partial charge in [-0.05, 0) is 25.1 Å². The number of amides is 2. The van der Waals surface area contributed by atoms with Crippen LogP contribution in [0.3, 0.4) is 0 Å². The number of hydrogen-bond acceptors (Lipinski definition) is 4. The van der Waals surface area contributed by atoms with Gasteiger partial charge in [0.15, 0.2) is 0 Å². The van der Waals surface area contributed by atoms with Crippen LogP contribution in [0.15, 0.2) is 42.5 Å². The SMILES string of the molecule is Cc1c(C(=O)Nc2ccccc2C(N)=O)cccc1[N+](=O)[O-]. The molecule has 0 aliphatic heterocycles. The minimum absolute atomic E-state index is 0.143. The fraction of sp³-hybridized carbons (Fsp3) is 0.0667. The van der Waals surface area contributed by atoms with Crippen molar-refractivity contribution >= 4 is 23.2 Å². The van der Waals surface area contributed by atoms with Gasteiger partial charge in [-0.2, -0.15) is 0 Å². The Morgan fingerprint density at radius 3 is 2.36 bits per heavy atom. The third-order valence-electron chi connectivity index (χ3n) is 3.19. The van der Waals surface area contributed by atoms with E-state index in [0.717, 1.165) is 0 Å². The van der Waals surface area contributed by atoms with Crippen LogP contribution in [0.5, 0.6) is 0 Å². The van der Waals surface area contributed by atoms with E-state index in [0.29, 0.717) is 0 Å². The summed E-state index contributed by atoms with van der Waals surface area (Å²) in [5.41, 5.74) is 5.93. The van der Waals surface area contributed by atoms with Crippen molar-refractivity contribution < 1.29 is 14.5 Å². The molecule has 0 aliphatic carbocycles. The second-order valence-corrected chi connectivity index (χ2v) is 4.57. The van der Waals surface area contributed by atoms with Crippen LogP contribution in [0.25, 0.3) is 0 Å². The molecule has 0 heterocycles. The van der Waals surface area contributed by atoms with E-state index in [1.807, 2.05) is 0 Å². The summed E-state index contributed by atoms with van der Waals surface area (Å²) in [7, 11) is 0. The summed E-state index contributed by atoms with van der Waals surface area (Å²) in [6.07, 6.45) is 0. The highest BCUT2D eigenvalue weighted by Gasteiger charge is 2.19. The largest absolute Gasteiger partial charge is 0.366 e. The van der Waals surface area contributed by atoms with Crippen molar-refractivity contribution in [1.82, 2.24) is 0 Å². The first-order valence-electron chi connectivity index (χ1n) is 6.36. The molecule has 3 N–H and O–H groups in total. The average molecular weight is 299 g/mol. The van der Waals surface area contributed by atoms with Gasteiger partial charge in [0.2, 0.25) is 0 Å². The van der Waals surface area contributed by atoms with E-state index in [1.165, 1.54) is 37.3 Å². The molecule has 0 saturated carbocycles. The molecule has 0 spiro atoms. The third-order valence-corrected chi connectivity index (χ3v) is 3.19. The number of anilines is 1. The minimum Gasteiger partial charge on any atom is -0.366 e. The second kappa shape index (κ2) is 6.04. The Kier molecular flexibility index (Phi) is 4.17. The predicted octanol–water partition coefficient (Wildman–Crippen LogP) is 2.25. The molecule has 0 fully saturated rings. The van der Waals surface area contributed by atoms with Gasteiger partial charge in [-0.15, -0.1) is 0 Å². The Labute approximate surface area is 125 Å². The van der Waals surface area contributed by atoms with Gasteiger partial charge in [0.25, 0.3) is 17.5 Å². The van der Waals surface area contributed by atoms with Crippen molar-refractivity contribution in [2.24, 2.45) is 5.73 Å². The van der Waals surface area contributed by atoms with Gasteiger partial charge in [-0.25, -0.2) is 0 Å². The van der Waals surface area contributed by atoms with E-state index in [9.17, 15) is 19.7 Å². The highest BCUT2D eigenvalue weighted by molar-refractivity contribution is 6.09. The normalized spacial score (nSPS) is 10.0. The number of nitrogens with two attached hydrogens (primary N) is 1. The number of carbonyl (C=O) groups excluding carboxylic acids is 2. The van der Waals surface area contributed by atoms with E-state index >= 15 is 0 Å². The van der Waals surface area contributed by atoms with Gasteiger partial charge < -0.3 is 11.1 Å². The fourth-order valence-electron chi connectivity index (χ4n) is 2.06. The number of carbonyl (C=O) groups is 2. The Hall–Kier alpha value is -3.22. The zero-order valence-corrected chi connectivity index (χ0v) is 11.7. The summed E-state index contributed by atoms with van der Waals surface area (Å²) in [6, 6.07) is 10.5. The number of primary amides is 1. The molecule has 22 heavy (non-hydrogen) atoms. The summed E-state index contributed by atoms with van der Waals surface area (Å²) in [6.45, 7) is 1.49. The summed E-state index contributed by atoms with van der Waals surface area (Å²) in [4.78, 5) is 34.0. The van der Waals surface area contributed by atoms with Crippen LogP contribution < -0.4 is 11.1 Å². The van der Waals surface area contributed by atoms with Crippen molar-refractivity contribution in [3.05, 3.63) is 69.3 Å². The molecule has 0 unspecified atom stereocenters. The zero-order valence-electron chi connectivity index (χ0n) is 11.7. The molecule has 0 aromatic heterocycles. The molecule has 7 nitrogen and oxygen atoms in total. The van der Waals surface area contributed by atoms with Crippen LogP contribution in [-0.2, 0) is 0 Å². The monoisotopic (exact) mass is 299 g/mol. The number of nitrogens with zero attached hydrogens (tertiary/aromatic N) is 1. The Bertz CT molecular complexity index is 771. The molecule has 2 aromatic carbocycles. The highest BCUT2D eigenvalue weighted by Crippen LogP contribution is 2.23. The first kappa shape index (κ1) is 15.2. The second-order valence-electron chi connectivity index (χ2n) is 4.57. The van der Waals surface area contributed by atoms with Crippen LogP contribution in [-0.4, -0.2) is 16.7 Å². The Balaban J connectivity index is 2.37. The summed E-state index contributed by atoms with van der Waals surface area (Å²) in [5, 5.41) is 13.5. The van der Waals surface area contributed by atoms with E-state index in [4.69, 9.17) is 5.73 Å². The van der Waals surface area contributed by atoms with Gasteiger partial charge in [0.05, 0.1) is 16.2 Å². The molecule has 2 rings (SSSR count). The van der Waals surface area contributed by atoms with Crippen LogP contribution in [0.2, 0.25) is 0 Å². The van der Waals surface area contributed by atoms with Crippen molar-refractivity contribution in [3.63, 3.8) is 0 Å². The lowest BCUT2D eigenvalue weighted by atomic mass is 10.1. The number of para-hydroxylation sites is 1. The van der Waals surface area contributed by atoms with Gasteiger partial charge >= 0.3 is 0 Å². The van der Waals surface area contributed by atoms with E-state index < -0.39 is 16.7 Å². The summed E-state index contributed by atoms with van der Waals surface area (Å²) < 4.78 is 0. The highest BCUT2D eigenvalue weighted by atomic mass is 16.6. The average Bonchev–Trinajstić information content (AvgIpc) is 2.47. The molecular weight excluding hydrogens is 286 g/mol. The smallest absolute Gasteiger partial charge is 0.273 e. The maximum Gasteiger partial charge on any atom is 0.273 e. The molecule has 0 saturated heterocycles. The van der Waals surface area contributed by atoms with Crippen LogP contribution in [0.4, 0.5) is 11.4 Å². The fourth-order valence-corrected chi connectivity index (χ4v) is 2.06. The van der Waals surface area contributed by atoms with Crippen molar-refractivity contribution in [2.75, 3.05) is 5.32 Å². The number of nitro groups is 1. The molecular formula is C15H13N3O4. The van der Waals surface area contributed by atoms with E-state index in [-0.39, 0.29) is 28.1 Å². The maximum absolute atomic E-state index is 12.3. The van der Waals surface area contributed by atoms with Gasteiger partial charge in [0.1, 0.15) is 0 Å². The van der Waals surface area contributed by atoms with Gasteiger partial charge in [-0.1, -0.05) is 18.2 Å². The lowest BCUT2D eigenvalue weighted by Gasteiger charge is -2.10. The number of nitro benzene ring substituents is 1. The number of hydrogen-bond donors (Lipinski definition) is 2. The predicted molar refractivity (Wildman–Crippen MR) is 80.7 cm³/mol. The number of rotatable bonds is 4.